The average molecular weight is 342 g/mol. The summed E-state index contributed by atoms with van der Waals surface area (Å²) in [7, 11) is 0. The lowest BCUT2D eigenvalue weighted by Gasteiger charge is -2.37. The molecule has 0 unspecified atom stereocenters. The molecule has 1 saturated heterocycles. The zero-order chi connectivity index (χ0) is 14.9. The number of aliphatic hydroxyl groups is 1. The van der Waals surface area contributed by atoms with E-state index in [1.54, 1.807) is 4.90 Å². The highest BCUT2D eigenvalue weighted by Crippen LogP contribution is 2.24. The van der Waals surface area contributed by atoms with Gasteiger partial charge >= 0.3 is 0 Å². The van der Waals surface area contributed by atoms with E-state index in [9.17, 15) is 9.90 Å². The van der Waals surface area contributed by atoms with Crippen molar-refractivity contribution in [1.82, 2.24) is 4.90 Å². The molecular weight excluding hydrogens is 322 g/mol. The molecule has 1 amide bonds. The molecule has 0 spiro atoms. The number of halogens is 1. The number of benzene rings is 1. The number of hydrogen-bond acceptors (Lipinski definition) is 3. The Labute approximate surface area is 127 Å². The Morgan fingerprint density at radius 2 is 2.15 bits per heavy atom. The van der Waals surface area contributed by atoms with E-state index in [1.165, 1.54) is 0 Å². The second-order valence-corrected chi connectivity index (χ2v) is 6.22. The van der Waals surface area contributed by atoms with Gasteiger partial charge in [0.05, 0.1) is 25.4 Å². The Kier molecular flexibility index (Phi) is 4.83. The molecule has 1 fully saturated rings. The first-order valence-corrected chi connectivity index (χ1v) is 7.53. The lowest BCUT2D eigenvalue weighted by Crippen LogP contribution is -2.52. The number of carbonyl (C=O) groups is 1. The third-order valence-electron chi connectivity index (χ3n) is 3.71. The third kappa shape index (κ3) is 3.05. The molecule has 1 heterocycles. The van der Waals surface area contributed by atoms with Crippen molar-refractivity contribution in [2.24, 2.45) is 0 Å². The minimum Gasteiger partial charge on any atom is -0.394 e. The van der Waals surface area contributed by atoms with Crippen molar-refractivity contribution in [3.63, 3.8) is 0 Å². The first-order valence-electron chi connectivity index (χ1n) is 6.74. The van der Waals surface area contributed by atoms with Crippen LogP contribution in [0.4, 0.5) is 0 Å². The van der Waals surface area contributed by atoms with Gasteiger partial charge in [-0.05, 0) is 44.0 Å². The number of amides is 1. The number of hydrogen-bond donors (Lipinski definition) is 1. The number of aliphatic hydroxyl groups excluding tert-OH is 1. The largest absolute Gasteiger partial charge is 0.394 e. The molecule has 1 aliphatic rings. The molecule has 20 heavy (non-hydrogen) atoms. The zero-order valence-electron chi connectivity index (χ0n) is 12.0. The van der Waals surface area contributed by atoms with Crippen LogP contribution in [0.5, 0.6) is 0 Å². The maximum Gasteiger partial charge on any atom is 0.254 e. The van der Waals surface area contributed by atoms with Crippen LogP contribution in [0.1, 0.15) is 28.4 Å². The monoisotopic (exact) mass is 341 g/mol. The van der Waals surface area contributed by atoms with Crippen molar-refractivity contribution < 1.29 is 14.6 Å². The van der Waals surface area contributed by atoms with E-state index in [0.29, 0.717) is 13.2 Å². The van der Waals surface area contributed by atoms with Gasteiger partial charge in [-0.2, -0.15) is 0 Å². The van der Waals surface area contributed by atoms with Crippen molar-refractivity contribution in [2.75, 3.05) is 19.8 Å². The summed E-state index contributed by atoms with van der Waals surface area (Å²) in [5.74, 6) is 0.00681. The fourth-order valence-corrected chi connectivity index (χ4v) is 2.83. The lowest BCUT2D eigenvalue weighted by atomic mass is 10.0. The Bertz CT molecular complexity index is 518. The van der Waals surface area contributed by atoms with Crippen molar-refractivity contribution in [3.05, 3.63) is 33.3 Å². The van der Waals surface area contributed by atoms with Gasteiger partial charge in [-0.25, -0.2) is 0 Å². The minimum atomic E-state index is -0.285. The molecule has 0 aromatic heterocycles. The summed E-state index contributed by atoms with van der Waals surface area (Å²) in [6, 6.07) is 3.91. The van der Waals surface area contributed by atoms with E-state index in [-0.39, 0.29) is 24.7 Å². The van der Waals surface area contributed by atoms with Gasteiger partial charge in [0.2, 0.25) is 0 Å². The van der Waals surface area contributed by atoms with Gasteiger partial charge in [0.15, 0.2) is 0 Å². The van der Waals surface area contributed by atoms with Crippen LogP contribution in [0.3, 0.4) is 0 Å². The zero-order valence-corrected chi connectivity index (χ0v) is 13.6. The highest BCUT2D eigenvalue weighted by atomic mass is 79.9. The van der Waals surface area contributed by atoms with Crippen LogP contribution in [-0.4, -0.2) is 47.8 Å². The van der Waals surface area contributed by atoms with Crippen LogP contribution in [0.2, 0.25) is 0 Å². The first-order chi connectivity index (χ1) is 9.43. The summed E-state index contributed by atoms with van der Waals surface area (Å²) in [4.78, 5) is 14.5. The van der Waals surface area contributed by atoms with E-state index in [2.05, 4.69) is 15.9 Å². The number of carbonyl (C=O) groups excluding carboxylic acids is 1. The highest BCUT2D eigenvalue weighted by Gasteiger charge is 2.30. The normalized spacial score (nSPS) is 22.9. The van der Waals surface area contributed by atoms with E-state index in [0.717, 1.165) is 21.2 Å². The van der Waals surface area contributed by atoms with E-state index < -0.39 is 0 Å². The molecule has 1 aromatic carbocycles. The number of nitrogens with zero attached hydrogens (tertiary/aromatic N) is 1. The molecule has 5 heteroatoms. The maximum absolute atomic E-state index is 12.7. The minimum absolute atomic E-state index is 0.00681. The van der Waals surface area contributed by atoms with Gasteiger partial charge in [-0.15, -0.1) is 0 Å². The van der Waals surface area contributed by atoms with Crippen LogP contribution in [-0.2, 0) is 4.74 Å². The molecule has 110 valence electrons. The summed E-state index contributed by atoms with van der Waals surface area (Å²) in [5, 5.41) is 9.21. The number of aryl methyl sites for hydroxylation is 2. The molecule has 2 rings (SSSR count). The molecule has 1 aromatic rings. The summed E-state index contributed by atoms with van der Waals surface area (Å²) in [5.41, 5.74) is 2.71. The van der Waals surface area contributed by atoms with Crippen molar-refractivity contribution in [2.45, 2.75) is 32.9 Å². The fourth-order valence-electron chi connectivity index (χ4n) is 2.38. The van der Waals surface area contributed by atoms with Gasteiger partial charge in [-0.3, -0.25) is 4.79 Å². The SMILES string of the molecule is Cc1cc(C(=O)N2C[C@@H](CO)OC[C@H]2C)c(C)cc1Br. The molecule has 1 aliphatic heterocycles. The van der Waals surface area contributed by atoms with Crippen LogP contribution in [0, 0.1) is 13.8 Å². The summed E-state index contributed by atoms with van der Waals surface area (Å²) < 4.78 is 6.49. The van der Waals surface area contributed by atoms with Crippen molar-refractivity contribution in [1.29, 1.82) is 0 Å². The molecule has 0 aliphatic carbocycles. The van der Waals surface area contributed by atoms with Crippen molar-refractivity contribution >= 4 is 21.8 Å². The topological polar surface area (TPSA) is 49.8 Å². The van der Waals surface area contributed by atoms with Crippen LogP contribution in [0.15, 0.2) is 16.6 Å². The quantitative estimate of drug-likeness (QED) is 0.897. The number of morpholine rings is 1. The second-order valence-electron chi connectivity index (χ2n) is 5.36. The maximum atomic E-state index is 12.7. The van der Waals surface area contributed by atoms with Gasteiger partial charge in [0.1, 0.15) is 0 Å². The third-order valence-corrected chi connectivity index (χ3v) is 4.56. The van der Waals surface area contributed by atoms with Crippen LogP contribution < -0.4 is 0 Å². The molecule has 4 nitrogen and oxygen atoms in total. The summed E-state index contributed by atoms with van der Waals surface area (Å²) in [6.45, 7) is 6.71. The Morgan fingerprint density at radius 3 is 2.80 bits per heavy atom. The van der Waals surface area contributed by atoms with E-state index >= 15 is 0 Å². The predicted octanol–water partition coefficient (Wildman–Crippen LogP) is 2.29. The standard InChI is InChI=1S/C15H20BrNO3/c1-9-5-14(16)10(2)4-13(9)15(19)17-6-12(7-18)20-8-11(17)3/h4-5,11-12,18H,6-8H2,1-3H3/t11-,12+/m1/s1. The molecule has 0 bridgehead atoms. The summed E-state index contributed by atoms with van der Waals surface area (Å²) >= 11 is 3.48. The predicted molar refractivity (Wildman–Crippen MR) is 80.9 cm³/mol. The summed E-state index contributed by atoms with van der Waals surface area (Å²) in [6.07, 6.45) is -0.285. The Hall–Kier alpha value is -0.910. The molecule has 1 N–H and O–H groups in total. The molecule has 2 atom stereocenters. The molecule has 0 saturated carbocycles. The second kappa shape index (κ2) is 6.24. The Morgan fingerprint density at radius 1 is 1.45 bits per heavy atom. The number of rotatable bonds is 2. The fraction of sp³-hybridized carbons (Fsp3) is 0.533. The van der Waals surface area contributed by atoms with E-state index in [4.69, 9.17) is 4.74 Å². The van der Waals surface area contributed by atoms with Gasteiger partial charge < -0.3 is 14.7 Å². The van der Waals surface area contributed by atoms with Gasteiger partial charge in [0, 0.05) is 16.6 Å². The van der Waals surface area contributed by atoms with Crippen molar-refractivity contribution in [3.8, 4) is 0 Å². The smallest absolute Gasteiger partial charge is 0.254 e. The molecular formula is C15H20BrNO3. The Balaban J connectivity index is 2.28. The van der Waals surface area contributed by atoms with Crippen LogP contribution >= 0.6 is 15.9 Å². The first kappa shape index (κ1) is 15.5. The van der Waals surface area contributed by atoms with Gasteiger partial charge in [0.25, 0.3) is 5.91 Å². The molecule has 0 radical (unpaired) electrons. The van der Waals surface area contributed by atoms with Crippen LogP contribution in [0.25, 0.3) is 0 Å². The van der Waals surface area contributed by atoms with E-state index in [1.807, 2.05) is 32.9 Å². The highest BCUT2D eigenvalue weighted by molar-refractivity contribution is 9.10. The van der Waals surface area contributed by atoms with Gasteiger partial charge in [-0.1, -0.05) is 15.9 Å². The lowest BCUT2D eigenvalue weighted by molar-refractivity contribution is -0.0667. The average Bonchev–Trinajstić information content (AvgIpc) is 2.42. The number of ether oxygens (including phenoxy) is 1.